The Morgan fingerprint density at radius 1 is 1.57 bits per heavy atom. The lowest BCUT2D eigenvalue weighted by molar-refractivity contribution is 0.583. The molecule has 1 unspecified atom stereocenters. The van der Waals surface area contributed by atoms with Gasteiger partial charge in [-0.3, -0.25) is 0 Å². The van der Waals surface area contributed by atoms with E-state index in [1.807, 2.05) is 18.2 Å². The quantitative estimate of drug-likeness (QED) is 0.784. The topological polar surface area (TPSA) is 62.7 Å². The molecule has 14 heavy (non-hydrogen) atoms. The van der Waals surface area contributed by atoms with E-state index in [9.17, 15) is 0 Å². The van der Waals surface area contributed by atoms with Gasteiger partial charge in [0.25, 0.3) is 0 Å². The minimum Gasteiger partial charge on any atom is -0.323 e. The minimum atomic E-state index is -0.00389. The molecule has 1 saturated carbocycles. The van der Waals surface area contributed by atoms with Gasteiger partial charge < -0.3 is 5.73 Å². The zero-order chi connectivity index (χ0) is 9.97. The van der Waals surface area contributed by atoms with Crippen LogP contribution in [-0.2, 0) is 0 Å². The molecule has 2 N–H and O–H groups in total. The Balaban J connectivity index is 2.09. The zero-order valence-electron chi connectivity index (χ0n) is 7.98. The van der Waals surface area contributed by atoms with E-state index in [0.29, 0.717) is 5.69 Å². The highest BCUT2D eigenvalue weighted by Gasteiger charge is 2.24. The first kappa shape index (κ1) is 9.17. The summed E-state index contributed by atoms with van der Waals surface area (Å²) in [5.74, 6) is 0.789. The summed E-state index contributed by atoms with van der Waals surface area (Å²) in [5, 5.41) is 8.68. The number of hydrogen-bond acceptors (Lipinski definition) is 3. The fourth-order valence-electron chi connectivity index (χ4n) is 1.55. The molecule has 0 saturated heterocycles. The van der Waals surface area contributed by atoms with E-state index in [2.05, 4.69) is 4.98 Å². The van der Waals surface area contributed by atoms with E-state index in [-0.39, 0.29) is 6.04 Å². The molecule has 3 nitrogen and oxygen atoms in total. The largest absolute Gasteiger partial charge is 0.323 e. The van der Waals surface area contributed by atoms with Crippen LogP contribution < -0.4 is 5.73 Å². The van der Waals surface area contributed by atoms with Crippen molar-refractivity contribution in [2.75, 3.05) is 0 Å². The lowest BCUT2D eigenvalue weighted by Gasteiger charge is -2.09. The molecule has 1 aromatic heterocycles. The second-order valence-electron chi connectivity index (χ2n) is 3.85. The highest BCUT2D eigenvalue weighted by molar-refractivity contribution is 5.23. The molecule has 0 bridgehead atoms. The van der Waals surface area contributed by atoms with Crippen LogP contribution in [0, 0.1) is 17.2 Å². The van der Waals surface area contributed by atoms with Crippen molar-refractivity contribution in [3.05, 3.63) is 29.6 Å². The second-order valence-corrected chi connectivity index (χ2v) is 3.85. The maximum absolute atomic E-state index is 8.68. The van der Waals surface area contributed by atoms with Gasteiger partial charge in [0, 0.05) is 6.04 Å². The molecule has 1 fully saturated rings. The van der Waals surface area contributed by atoms with Gasteiger partial charge in [-0.2, -0.15) is 5.26 Å². The molecule has 1 aliphatic carbocycles. The van der Waals surface area contributed by atoms with Crippen LogP contribution >= 0.6 is 0 Å². The maximum Gasteiger partial charge on any atom is 0.140 e. The van der Waals surface area contributed by atoms with Crippen LogP contribution in [0.1, 0.15) is 36.7 Å². The first-order chi connectivity index (χ1) is 6.79. The van der Waals surface area contributed by atoms with Crippen molar-refractivity contribution in [1.82, 2.24) is 4.98 Å². The summed E-state index contributed by atoms with van der Waals surface area (Å²) in [6.07, 6.45) is 3.60. The Bertz CT molecular complexity index is 363. The lowest BCUT2D eigenvalue weighted by Crippen LogP contribution is -2.13. The van der Waals surface area contributed by atoms with Crippen LogP contribution in [0.2, 0.25) is 0 Å². The molecular weight excluding hydrogens is 174 g/mol. The van der Waals surface area contributed by atoms with Crippen molar-refractivity contribution >= 4 is 0 Å². The fraction of sp³-hybridized carbons (Fsp3) is 0.455. The van der Waals surface area contributed by atoms with E-state index in [4.69, 9.17) is 11.0 Å². The average molecular weight is 187 g/mol. The molecule has 0 aliphatic heterocycles. The van der Waals surface area contributed by atoms with Crippen LogP contribution in [0.4, 0.5) is 0 Å². The maximum atomic E-state index is 8.68. The van der Waals surface area contributed by atoms with Crippen molar-refractivity contribution in [1.29, 1.82) is 5.26 Å². The van der Waals surface area contributed by atoms with Crippen molar-refractivity contribution < 1.29 is 0 Å². The molecule has 3 heteroatoms. The number of aromatic nitrogens is 1. The van der Waals surface area contributed by atoms with Gasteiger partial charge in [-0.1, -0.05) is 18.9 Å². The van der Waals surface area contributed by atoms with Gasteiger partial charge in [-0.05, 0) is 24.5 Å². The van der Waals surface area contributed by atoms with Gasteiger partial charge in [0.05, 0.1) is 5.69 Å². The van der Waals surface area contributed by atoms with Gasteiger partial charge in [0.2, 0.25) is 0 Å². The molecule has 2 rings (SSSR count). The molecule has 1 aromatic rings. The normalized spacial score (nSPS) is 17.4. The summed E-state index contributed by atoms with van der Waals surface area (Å²) in [6.45, 7) is 0. The monoisotopic (exact) mass is 187 g/mol. The van der Waals surface area contributed by atoms with E-state index < -0.39 is 0 Å². The van der Waals surface area contributed by atoms with Crippen molar-refractivity contribution in [3.8, 4) is 6.07 Å². The summed E-state index contributed by atoms with van der Waals surface area (Å²) in [4.78, 5) is 4.19. The summed E-state index contributed by atoms with van der Waals surface area (Å²) in [6, 6.07) is 7.46. The summed E-state index contributed by atoms with van der Waals surface area (Å²) < 4.78 is 0. The van der Waals surface area contributed by atoms with Gasteiger partial charge >= 0.3 is 0 Å². The third kappa shape index (κ3) is 2.09. The molecular formula is C11H13N3. The number of nitrogens with two attached hydrogens (primary N) is 1. The molecule has 1 heterocycles. The molecule has 0 radical (unpaired) electrons. The zero-order valence-corrected chi connectivity index (χ0v) is 7.98. The highest BCUT2D eigenvalue weighted by Crippen LogP contribution is 2.36. The molecule has 0 spiro atoms. The van der Waals surface area contributed by atoms with Crippen molar-refractivity contribution in [2.45, 2.75) is 25.3 Å². The van der Waals surface area contributed by atoms with Crippen molar-refractivity contribution in [2.24, 2.45) is 11.7 Å². The predicted molar refractivity (Wildman–Crippen MR) is 53.2 cm³/mol. The third-order valence-corrected chi connectivity index (χ3v) is 2.55. The Morgan fingerprint density at radius 2 is 2.36 bits per heavy atom. The Labute approximate surface area is 83.6 Å². The highest BCUT2D eigenvalue weighted by atomic mass is 14.8. The predicted octanol–water partition coefficient (Wildman–Crippen LogP) is 1.75. The summed E-state index contributed by atoms with van der Waals surface area (Å²) >= 11 is 0. The molecule has 0 aromatic carbocycles. The second kappa shape index (κ2) is 3.77. The number of hydrogen-bond donors (Lipinski definition) is 1. The first-order valence-electron chi connectivity index (χ1n) is 4.92. The van der Waals surface area contributed by atoms with Gasteiger partial charge in [0.15, 0.2) is 0 Å². The van der Waals surface area contributed by atoms with Crippen LogP contribution in [0.25, 0.3) is 0 Å². The Morgan fingerprint density at radius 3 is 3.00 bits per heavy atom. The molecule has 0 amide bonds. The van der Waals surface area contributed by atoms with Gasteiger partial charge in [-0.15, -0.1) is 0 Å². The Hall–Kier alpha value is -1.40. The number of pyridine rings is 1. The molecule has 1 aliphatic rings. The first-order valence-corrected chi connectivity index (χ1v) is 4.92. The number of nitrogens with zero attached hydrogens (tertiary/aromatic N) is 2. The average Bonchev–Trinajstić information content (AvgIpc) is 3.02. The standard InChI is InChI=1S/C11H13N3/c12-7-9-2-1-3-11(14-9)10(13)6-8-4-5-8/h1-3,8,10H,4-6,13H2. The van der Waals surface area contributed by atoms with Crippen LogP contribution in [0.5, 0.6) is 0 Å². The third-order valence-electron chi connectivity index (χ3n) is 2.55. The van der Waals surface area contributed by atoms with Crippen LogP contribution in [0.3, 0.4) is 0 Å². The van der Waals surface area contributed by atoms with Crippen LogP contribution in [0.15, 0.2) is 18.2 Å². The smallest absolute Gasteiger partial charge is 0.140 e. The molecule has 72 valence electrons. The van der Waals surface area contributed by atoms with E-state index >= 15 is 0 Å². The summed E-state index contributed by atoms with van der Waals surface area (Å²) in [7, 11) is 0. The van der Waals surface area contributed by atoms with Gasteiger partial charge in [-0.25, -0.2) is 4.98 Å². The number of rotatable bonds is 3. The Kier molecular flexibility index (Phi) is 2.47. The molecule has 1 atom stereocenters. The van der Waals surface area contributed by atoms with E-state index in [1.54, 1.807) is 6.07 Å². The number of nitriles is 1. The lowest BCUT2D eigenvalue weighted by atomic mass is 10.1. The van der Waals surface area contributed by atoms with Gasteiger partial charge in [0.1, 0.15) is 11.8 Å². The SMILES string of the molecule is N#Cc1cccc(C(N)CC2CC2)n1. The van der Waals surface area contributed by atoms with E-state index in [0.717, 1.165) is 18.0 Å². The summed E-state index contributed by atoms with van der Waals surface area (Å²) in [5.41, 5.74) is 7.28. The minimum absolute atomic E-state index is 0.00389. The van der Waals surface area contributed by atoms with Crippen LogP contribution in [-0.4, -0.2) is 4.98 Å². The fourth-order valence-corrected chi connectivity index (χ4v) is 1.55. The van der Waals surface area contributed by atoms with E-state index in [1.165, 1.54) is 12.8 Å². The van der Waals surface area contributed by atoms with Crippen molar-refractivity contribution in [3.63, 3.8) is 0 Å².